The van der Waals surface area contributed by atoms with Crippen molar-refractivity contribution in [3.05, 3.63) is 51.8 Å². The van der Waals surface area contributed by atoms with Crippen LogP contribution in [-0.4, -0.2) is 15.0 Å². The molecule has 2 aromatic heterocycles. The molecular formula is C13H13N3S. The van der Waals surface area contributed by atoms with E-state index < -0.39 is 0 Å². The van der Waals surface area contributed by atoms with Gasteiger partial charge < -0.3 is 4.98 Å². The van der Waals surface area contributed by atoms with Crippen LogP contribution in [0.4, 0.5) is 0 Å². The molecule has 0 aliphatic heterocycles. The third-order valence-electron chi connectivity index (χ3n) is 3.08. The molecule has 0 unspecified atom stereocenters. The van der Waals surface area contributed by atoms with Crippen molar-refractivity contribution in [3.8, 4) is 0 Å². The molecule has 2 aromatic rings. The molecule has 1 N–H and O–H groups in total. The third kappa shape index (κ3) is 2.13. The van der Waals surface area contributed by atoms with Crippen LogP contribution in [-0.2, 0) is 19.3 Å². The molecule has 1 aliphatic rings. The number of nitrogens with one attached hydrogen (secondary N) is 1. The Bertz CT molecular complexity index is 589. The number of H-pyrrole nitrogens is 1. The van der Waals surface area contributed by atoms with E-state index in [1.165, 1.54) is 17.7 Å². The summed E-state index contributed by atoms with van der Waals surface area (Å²) in [6.07, 6.45) is 5.87. The molecule has 0 fully saturated rings. The fourth-order valence-electron chi connectivity index (χ4n) is 2.27. The van der Waals surface area contributed by atoms with Gasteiger partial charge in [0.15, 0.2) is 0 Å². The number of fused-ring (bicyclic) bond motifs is 1. The van der Waals surface area contributed by atoms with Gasteiger partial charge in [0, 0.05) is 29.6 Å². The van der Waals surface area contributed by atoms with Crippen LogP contribution in [0.1, 0.15) is 29.2 Å². The Labute approximate surface area is 105 Å². The molecule has 0 radical (unpaired) electrons. The van der Waals surface area contributed by atoms with Gasteiger partial charge in [-0.3, -0.25) is 4.98 Å². The number of rotatable bonds is 2. The smallest absolute Gasteiger partial charge is 0.133 e. The maximum Gasteiger partial charge on any atom is 0.133 e. The van der Waals surface area contributed by atoms with Crippen molar-refractivity contribution in [2.45, 2.75) is 25.7 Å². The molecule has 0 saturated heterocycles. The Morgan fingerprint density at radius 1 is 1.29 bits per heavy atom. The average Bonchev–Trinajstić information content (AvgIpc) is 2.79. The Kier molecular flexibility index (Phi) is 2.73. The van der Waals surface area contributed by atoms with Gasteiger partial charge in [-0.1, -0.05) is 18.3 Å². The van der Waals surface area contributed by atoms with Crippen LogP contribution < -0.4 is 0 Å². The fourth-order valence-corrected chi connectivity index (χ4v) is 2.60. The van der Waals surface area contributed by atoms with E-state index in [0.29, 0.717) is 0 Å². The molecule has 0 saturated carbocycles. The molecule has 3 nitrogen and oxygen atoms in total. The van der Waals surface area contributed by atoms with Crippen molar-refractivity contribution >= 4 is 12.2 Å². The lowest BCUT2D eigenvalue weighted by molar-refractivity contribution is 0.877. The summed E-state index contributed by atoms with van der Waals surface area (Å²) in [4.78, 5) is 12.2. The van der Waals surface area contributed by atoms with Crippen molar-refractivity contribution in [1.29, 1.82) is 0 Å². The van der Waals surface area contributed by atoms with Gasteiger partial charge in [0.25, 0.3) is 0 Å². The van der Waals surface area contributed by atoms with E-state index in [1.54, 1.807) is 6.20 Å². The molecule has 0 aromatic carbocycles. The highest BCUT2D eigenvalue weighted by atomic mass is 32.1. The van der Waals surface area contributed by atoms with E-state index in [2.05, 4.69) is 15.0 Å². The summed E-state index contributed by atoms with van der Waals surface area (Å²) in [5.74, 6) is 0.925. The molecule has 0 bridgehead atoms. The van der Waals surface area contributed by atoms with Crippen LogP contribution in [0.3, 0.4) is 0 Å². The predicted molar refractivity (Wildman–Crippen MR) is 68.5 cm³/mol. The fraction of sp³-hybridized carbons (Fsp3) is 0.308. The van der Waals surface area contributed by atoms with Crippen LogP contribution in [0, 0.1) is 4.64 Å². The number of aromatic amines is 1. The Morgan fingerprint density at radius 2 is 2.24 bits per heavy atom. The molecule has 4 heteroatoms. The van der Waals surface area contributed by atoms with Gasteiger partial charge in [-0.25, -0.2) is 4.98 Å². The zero-order chi connectivity index (χ0) is 11.7. The van der Waals surface area contributed by atoms with Gasteiger partial charge in [-0.15, -0.1) is 0 Å². The maximum atomic E-state index is 5.33. The summed E-state index contributed by atoms with van der Waals surface area (Å²) >= 11 is 5.33. The van der Waals surface area contributed by atoms with E-state index in [-0.39, 0.29) is 0 Å². The number of aryl methyl sites for hydroxylation is 1. The van der Waals surface area contributed by atoms with Gasteiger partial charge in [0.2, 0.25) is 0 Å². The SMILES string of the molecule is S=c1nc(Cc2ccccn2)[nH]c2c1CCC2. The highest BCUT2D eigenvalue weighted by Crippen LogP contribution is 2.20. The first-order chi connectivity index (χ1) is 8.33. The summed E-state index contributed by atoms with van der Waals surface area (Å²) in [5.41, 5.74) is 3.53. The normalized spacial score (nSPS) is 13.6. The first kappa shape index (κ1) is 10.6. The monoisotopic (exact) mass is 243 g/mol. The van der Waals surface area contributed by atoms with Crippen molar-refractivity contribution in [2.75, 3.05) is 0 Å². The largest absolute Gasteiger partial charge is 0.347 e. The third-order valence-corrected chi connectivity index (χ3v) is 3.42. The van der Waals surface area contributed by atoms with E-state index in [0.717, 1.165) is 35.4 Å². The van der Waals surface area contributed by atoms with Crippen LogP contribution in [0.25, 0.3) is 0 Å². The second kappa shape index (κ2) is 4.37. The lowest BCUT2D eigenvalue weighted by atomic mass is 10.2. The van der Waals surface area contributed by atoms with E-state index in [9.17, 15) is 0 Å². The number of hydrogen-bond acceptors (Lipinski definition) is 3. The van der Waals surface area contributed by atoms with E-state index in [1.807, 2.05) is 18.2 Å². The number of nitrogens with zero attached hydrogens (tertiary/aromatic N) is 2. The van der Waals surface area contributed by atoms with Crippen molar-refractivity contribution in [2.24, 2.45) is 0 Å². The zero-order valence-corrected chi connectivity index (χ0v) is 10.3. The summed E-state index contributed by atoms with van der Waals surface area (Å²) in [5, 5.41) is 0. The first-order valence-electron chi connectivity index (χ1n) is 5.84. The molecule has 86 valence electrons. The molecule has 0 atom stereocenters. The van der Waals surface area contributed by atoms with Crippen LogP contribution >= 0.6 is 12.2 Å². The summed E-state index contributed by atoms with van der Waals surface area (Å²) in [6, 6.07) is 5.91. The summed E-state index contributed by atoms with van der Waals surface area (Å²) in [7, 11) is 0. The minimum absolute atomic E-state index is 0.720. The van der Waals surface area contributed by atoms with Crippen molar-refractivity contribution in [1.82, 2.24) is 15.0 Å². The minimum atomic E-state index is 0.720. The molecule has 17 heavy (non-hydrogen) atoms. The molecule has 1 aliphatic carbocycles. The Hall–Kier alpha value is -1.55. The first-order valence-corrected chi connectivity index (χ1v) is 6.24. The standard InChI is InChI=1S/C13H13N3S/c17-13-10-5-3-6-11(10)15-12(16-13)8-9-4-1-2-7-14-9/h1-2,4,7H,3,5-6,8H2,(H,15,16,17). The second-order valence-corrected chi connectivity index (χ2v) is 4.68. The molecule has 3 rings (SSSR count). The van der Waals surface area contributed by atoms with Gasteiger partial charge in [0.1, 0.15) is 10.5 Å². The van der Waals surface area contributed by atoms with Gasteiger partial charge in [0.05, 0.1) is 0 Å². The molecule has 2 heterocycles. The average molecular weight is 243 g/mol. The highest BCUT2D eigenvalue weighted by molar-refractivity contribution is 7.71. The summed E-state index contributed by atoms with van der Waals surface area (Å²) < 4.78 is 0.766. The van der Waals surface area contributed by atoms with Crippen molar-refractivity contribution in [3.63, 3.8) is 0 Å². The van der Waals surface area contributed by atoms with E-state index >= 15 is 0 Å². The maximum absolute atomic E-state index is 5.33. The quantitative estimate of drug-likeness (QED) is 0.824. The van der Waals surface area contributed by atoms with Crippen molar-refractivity contribution < 1.29 is 0 Å². The predicted octanol–water partition coefficient (Wildman–Crippen LogP) is 2.61. The molecular weight excluding hydrogens is 230 g/mol. The molecule has 0 spiro atoms. The Morgan fingerprint density at radius 3 is 3.06 bits per heavy atom. The lowest BCUT2D eigenvalue weighted by Gasteiger charge is -2.05. The van der Waals surface area contributed by atoms with Crippen LogP contribution in [0.2, 0.25) is 0 Å². The zero-order valence-electron chi connectivity index (χ0n) is 9.44. The number of pyridine rings is 1. The molecule has 0 amide bonds. The van der Waals surface area contributed by atoms with Gasteiger partial charge in [-0.2, -0.15) is 0 Å². The second-order valence-electron chi connectivity index (χ2n) is 4.30. The Balaban J connectivity index is 1.95. The topological polar surface area (TPSA) is 41.6 Å². The van der Waals surface area contributed by atoms with Gasteiger partial charge in [-0.05, 0) is 31.4 Å². The van der Waals surface area contributed by atoms with Gasteiger partial charge >= 0.3 is 0 Å². The van der Waals surface area contributed by atoms with Crippen LogP contribution in [0.5, 0.6) is 0 Å². The van der Waals surface area contributed by atoms with E-state index in [4.69, 9.17) is 12.2 Å². The lowest BCUT2D eigenvalue weighted by Crippen LogP contribution is -2.02. The van der Waals surface area contributed by atoms with Crippen LogP contribution in [0.15, 0.2) is 24.4 Å². The number of aromatic nitrogens is 3. The number of hydrogen-bond donors (Lipinski definition) is 1. The summed E-state index contributed by atoms with van der Waals surface area (Å²) in [6.45, 7) is 0. The minimum Gasteiger partial charge on any atom is -0.347 e. The highest BCUT2D eigenvalue weighted by Gasteiger charge is 2.14.